The van der Waals surface area contributed by atoms with Crippen LogP contribution in [0.15, 0.2) is 42.5 Å². The molecule has 0 aliphatic heterocycles. The number of anilines is 1. The lowest BCUT2D eigenvalue weighted by Crippen LogP contribution is -2.05. The number of methoxy groups -OCH3 is 2. The molecule has 0 aliphatic rings. The van der Waals surface area contributed by atoms with Crippen molar-refractivity contribution in [2.75, 3.05) is 33.1 Å². The Balaban J connectivity index is 2.11. The summed E-state index contributed by atoms with van der Waals surface area (Å²) in [5, 5.41) is 2.74. The molecule has 0 unspecified atom stereocenters. The number of carbonyl (C=O) groups is 1. The third-order valence-corrected chi connectivity index (χ3v) is 3.33. The van der Waals surface area contributed by atoms with Gasteiger partial charge < -0.3 is 24.3 Å². The minimum absolute atomic E-state index is 0.0901. The molecule has 2 rings (SSSR count). The van der Waals surface area contributed by atoms with Gasteiger partial charge in [-0.25, -0.2) is 0 Å². The molecular weight excluding hydrogens is 334 g/mol. The summed E-state index contributed by atoms with van der Waals surface area (Å²) in [5.74, 6) is 1.07. The number of amides is 1. The lowest BCUT2D eigenvalue weighted by molar-refractivity contribution is -0.114. The Morgan fingerprint density at radius 2 is 1.46 bits per heavy atom. The van der Waals surface area contributed by atoms with E-state index >= 15 is 0 Å². The maximum Gasteiger partial charge on any atom is 0.221 e. The van der Waals surface area contributed by atoms with Crippen LogP contribution >= 0.6 is 0 Å². The monoisotopic (exact) mass is 357 g/mol. The van der Waals surface area contributed by atoms with Crippen LogP contribution in [0.2, 0.25) is 0 Å². The molecule has 0 saturated carbocycles. The first-order chi connectivity index (χ1) is 12.6. The minimum atomic E-state index is -0.0901. The smallest absolute Gasteiger partial charge is 0.221 e. The van der Waals surface area contributed by atoms with Crippen LogP contribution in [0.3, 0.4) is 0 Å². The van der Waals surface area contributed by atoms with E-state index < -0.39 is 0 Å². The molecule has 0 bridgehead atoms. The van der Waals surface area contributed by atoms with Gasteiger partial charge in [0.2, 0.25) is 5.91 Å². The fourth-order valence-corrected chi connectivity index (χ4v) is 2.18. The molecule has 0 spiro atoms. The first-order valence-electron chi connectivity index (χ1n) is 8.05. The van der Waals surface area contributed by atoms with Crippen LogP contribution in [0.1, 0.15) is 18.1 Å². The quantitative estimate of drug-likeness (QED) is 0.546. The molecule has 0 aliphatic carbocycles. The molecule has 2 aromatic rings. The molecule has 1 amide bonds. The molecule has 2 aromatic carbocycles. The number of carbonyl (C=O) groups excluding carboxylic acids is 1. The molecule has 6 heteroatoms. The van der Waals surface area contributed by atoms with Gasteiger partial charge in [0.25, 0.3) is 0 Å². The van der Waals surface area contributed by atoms with E-state index in [4.69, 9.17) is 18.9 Å². The zero-order valence-corrected chi connectivity index (χ0v) is 15.2. The summed E-state index contributed by atoms with van der Waals surface area (Å²) >= 11 is 0. The normalized spacial score (nSPS) is 10.7. The lowest BCUT2D eigenvalue weighted by atomic mass is 10.1. The number of hydrogen-bond donors (Lipinski definition) is 1. The summed E-state index contributed by atoms with van der Waals surface area (Å²) in [6.45, 7) is 1.75. The fourth-order valence-electron chi connectivity index (χ4n) is 2.18. The number of hydrogen-bond acceptors (Lipinski definition) is 5. The molecule has 6 nitrogen and oxygen atoms in total. The predicted molar refractivity (Wildman–Crippen MR) is 101 cm³/mol. The van der Waals surface area contributed by atoms with Crippen molar-refractivity contribution >= 4 is 23.7 Å². The predicted octanol–water partition coefficient (Wildman–Crippen LogP) is 3.78. The largest absolute Gasteiger partial charge is 0.464 e. The highest BCUT2D eigenvalue weighted by atomic mass is 16.7. The molecule has 26 heavy (non-hydrogen) atoms. The van der Waals surface area contributed by atoms with E-state index in [-0.39, 0.29) is 19.5 Å². The summed E-state index contributed by atoms with van der Waals surface area (Å²) in [6.07, 6.45) is 3.94. The molecule has 0 atom stereocenters. The van der Waals surface area contributed by atoms with Gasteiger partial charge in [0.1, 0.15) is 0 Å². The van der Waals surface area contributed by atoms with Crippen LogP contribution in [-0.2, 0) is 14.3 Å². The fraction of sp³-hybridized carbons (Fsp3) is 0.250. The third-order valence-electron chi connectivity index (χ3n) is 3.33. The van der Waals surface area contributed by atoms with Crippen molar-refractivity contribution in [1.82, 2.24) is 0 Å². The van der Waals surface area contributed by atoms with Crippen LogP contribution in [0.4, 0.5) is 5.69 Å². The molecule has 138 valence electrons. The second-order valence-electron chi connectivity index (χ2n) is 5.44. The van der Waals surface area contributed by atoms with E-state index in [2.05, 4.69) is 5.32 Å². The van der Waals surface area contributed by atoms with Crippen LogP contribution in [-0.4, -0.2) is 33.7 Å². The Kier molecular flexibility index (Phi) is 7.67. The van der Waals surface area contributed by atoms with E-state index in [0.29, 0.717) is 11.5 Å². The SMILES string of the molecule is COCOc1ccc(C=Cc2ccc(NC(C)=O)cc2)cc1OCOC. The number of ether oxygens (including phenoxy) is 4. The molecule has 0 fully saturated rings. The highest BCUT2D eigenvalue weighted by Crippen LogP contribution is 2.29. The maximum absolute atomic E-state index is 11.0. The van der Waals surface area contributed by atoms with Crippen molar-refractivity contribution in [3.05, 3.63) is 53.6 Å². The van der Waals surface area contributed by atoms with Crippen LogP contribution in [0.25, 0.3) is 12.2 Å². The minimum Gasteiger partial charge on any atom is -0.464 e. The highest BCUT2D eigenvalue weighted by Gasteiger charge is 2.06. The lowest BCUT2D eigenvalue weighted by Gasteiger charge is -2.12. The Bertz CT molecular complexity index is 740. The second-order valence-corrected chi connectivity index (χ2v) is 5.44. The maximum atomic E-state index is 11.0. The number of benzene rings is 2. The van der Waals surface area contributed by atoms with Crippen LogP contribution in [0, 0.1) is 0 Å². The zero-order valence-electron chi connectivity index (χ0n) is 15.2. The van der Waals surface area contributed by atoms with Gasteiger partial charge in [0.15, 0.2) is 25.1 Å². The Morgan fingerprint density at radius 1 is 0.885 bits per heavy atom. The summed E-state index contributed by atoms with van der Waals surface area (Å²) in [4.78, 5) is 11.0. The van der Waals surface area contributed by atoms with E-state index in [1.54, 1.807) is 14.2 Å². The van der Waals surface area contributed by atoms with Crippen LogP contribution < -0.4 is 14.8 Å². The Hall–Kier alpha value is -2.83. The van der Waals surface area contributed by atoms with E-state index in [1.165, 1.54) is 6.92 Å². The second kappa shape index (κ2) is 10.2. The average Bonchev–Trinajstić information content (AvgIpc) is 2.64. The van der Waals surface area contributed by atoms with Gasteiger partial charge in [0, 0.05) is 26.8 Å². The van der Waals surface area contributed by atoms with Crippen molar-refractivity contribution in [2.24, 2.45) is 0 Å². The molecule has 0 radical (unpaired) electrons. The van der Waals surface area contributed by atoms with Gasteiger partial charge in [-0.2, -0.15) is 0 Å². The van der Waals surface area contributed by atoms with E-state index in [9.17, 15) is 4.79 Å². The van der Waals surface area contributed by atoms with E-state index in [1.807, 2.05) is 54.6 Å². The molecule has 0 heterocycles. The first-order valence-corrected chi connectivity index (χ1v) is 8.05. The van der Waals surface area contributed by atoms with Gasteiger partial charge >= 0.3 is 0 Å². The number of rotatable bonds is 9. The summed E-state index contributed by atoms with van der Waals surface area (Å²) in [6, 6.07) is 13.2. The van der Waals surface area contributed by atoms with Gasteiger partial charge in [-0.05, 0) is 35.4 Å². The van der Waals surface area contributed by atoms with Crippen molar-refractivity contribution in [1.29, 1.82) is 0 Å². The highest BCUT2D eigenvalue weighted by molar-refractivity contribution is 5.88. The summed E-state index contributed by atoms with van der Waals surface area (Å²) in [5.41, 5.74) is 2.73. The van der Waals surface area contributed by atoms with Gasteiger partial charge in [0.05, 0.1) is 0 Å². The van der Waals surface area contributed by atoms with Gasteiger partial charge in [-0.3, -0.25) is 4.79 Å². The Morgan fingerprint density at radius 3 is 2.08 bits per heavy atom. The van der Waals surface area contributed by atoms with Gasteiger partial charge in [-0.15, -0.1) is 0 Å². The topological polar surface area (TPSA) is 66.0 Å². The van der Waals surface area contributed by atoms with Crippen molar-refractivity contribution < 1.29 is 23.7 Å². The molecule has 0 aromatic heterocycles. The first kappa shape index (κ1) is 19.5. The van der Waals surface area contributed by atoms with Crippen molar-refractivity contribution in [2.45, 2.75) is 6.92 Å². The zero-order chi connectivity index (χ0) is 18.8. The summed E-state index contributed by atoms with van der Waals surface area (Å²) < 4.78 is 20.9. The number of nitrogens with one attached hydrogen (secondary N) is 1. The van der Waals surface area contributed by atoms with E-state index in [0.717, 1.165) is 16.8 Å². The Labute approximate surface area is 153 Å². The average molecular weight is 357 g/mol. The van der Waals surface area contributed by atoms with Crippen LogP contribution in [0.5, 0.6) is 11.5 Å². The summed E-state index contributed by atoms with van der Waals surface area (Å²) in [7, 11) is 3.12. The van der Waals surface area contributed by atoms with Crippen molar-refractivity contribution in [3.63, 3.8) is 0 Å². The van der Waals surface area contributed by atoms with Crippen molar-refractivity contribution in [3.8, 4) is 11.5 Å². The third kappa shape index (κ3) is 6.23. The van der Waals surface area contributed by atoms with Gasteiger partial charge in [-0.1, -0.05) is 30.4 Å². The molecular formula is C20H23NO5. The molecule has 1 N–H and O–H groups in total. The molecule has 0 saturated heterocycles. The standard InChI is InChI=1S/C20H23NO5/c1-15(22)21-18-9-6-16(7-10-18)4-5-17-8-11-19(25-13-23-2)20(12-17)26-14-24-3/h4-12H,13-14H2,1-3H3,(H,21,22).